The second-order valence-corrected chi connectivity index (χ2v) is 7.43. The molecule has 1 aliphatic heterocycles. The molecule has 116 valence electrons. The van der Waals surface area contributed by atoms with E-state index < -0.39 is 0 Å². The number of thiophene rings is 1. The molecule has 2 fully saturated rings. The van der Waals surface area contributed by atoms with E-state index in [4.69, 9.17) is 5.73 Å². The Balaban J connectivity index is 1.60. The van der Waals surface area contributed by atoms with Crippen molar-refractivity contribution in [2.24, 2.45) is 11.7 Å². The number of carbonyl (C=O) groups is 1. The summed E-state index contributed by atoms with van der Waals surface area (Å²) in [6, 6.07) is 4.35. The number of likely N-dealkylation sites (tertiary alicyclic amines) is 1. The van der Waals surface area contributed by atoms with Crippen molar-refractivity contribution >= 4 is 17.4 Å². The van der Waals surface area contributed by atoms with E-state index in [1.165, 1.54) is 30.6 Å². The maximum Gasteiger partial charge on any atom is 0.314 e. The number of primary amides is 1. The van der Waals surface area contributed by atoms with Gasteiger partial charge in [-0.15, -0.1) is 11.3 Å². The van der Waals surface area contributed by atoms with E-state index in [2.05, 4.69) is 22.8 Å². The van der Waals surface area contributed by atoms with E-state index in [0.717, 1.165) is 32.0 Å². The van der Waals surface area contributed by atoms with Gasteiger partial charge in [-0.3, -0.25) is 0 Å². The highest BCUT2D eigenvalue weighted by atomic mass is 32.1. The van der Waals surface area contributed by atoms with Crippen molar-refractivity contribution in [3.63, 3.8) is 0 Å². The maximum absolute atomic E-state index is 11.6. The van der Waals surface area contributed by atoms with Crippen molar-refractivity contribution in [3.8, 4) is 0 Å². The lowest BCUT2D eigenvalue weighted by atomic mass is 9.92. The molecular formula is C16H25N3OS. The summed E-state index contributed by atoms with van der Waals surface area (Å²) >= 11 is 1.78. The minimum atomic E-state index is -0.288. The number of amides is 2. The number of nitrogens with zero attached hydrogens (tertiary/aromatic N) is 1. The number of carbonyl (C=O) groups excluding carboxylic acids is 1. The van der Waals surface area contributed by atoms with E-state index in [9.17, 15) is 4.79 Å². The first-order valence-corrected chi connectivity index (χ1v) is 8.91. The first-order valence-electron chi connectivity index (χ1n) is 8.03. The number of rotatable bonds is 4. The van der Waals surface area contributed by atoms with E-state index in [0.29, 0.717) is 12.0 Å². The van der Waals surface area contributed by atoms with Gasteiger partial charge in [0, 0.05) is 29.9 Å². The highest BCUT2D eigenvalue weighted by Gasteiger charge is 2.30. The standard InChI is InChI=1S/C16H25N3OS/c17-16(20)19-10-13(15-6-3-7-21-15)8-14(11-19)18-9-12-4-1-2-5-12/h3,6-7,12-14,18H,1-2,4-5,8-11H2,(H2,17,20). The second kappa shape index (κ2) is 6.79. The Morgan fingerprint density at radius 2 is 2.19 bits per heavy atom. The van der Waals surface area contributed by atoms with Gasteiger partial charge in [-0.25, -0.2) is 4.79 Å². The van der Waals surface area contributed by atoms with Crippen LogP contribution >= 0.6 is 11.3 Å². The summed E-state index contributed by atoms with van der Waals surface area (Å²) in [5.41, 5.74) is 5.53. The Labute approximate surface area is 130 Å². The third-order valence-electron chi connectivity index (χ3n) is 4.88. The van der Waals surface area contributed by atoms with E-state index in [1.807, 2.05) is 0 Å². The van der Waals surface area contributed by atoms with Crippen molar-refractivity contribution in [1.29, 1.82) is 0 Å². The molecule has 21 heavy (non-hydrogen) atoms. The van der Waals surface area contributed by atoms with Gasteiger partial charge in [-0.2, -0.15) is 0 Å². The van der Waals surface area contributed by atoms with Crippen LogP contribution in [0, 0.1) is 5.92 Å². The second-order valence-electron chi connectivity index (χ2n) is 6.45. The molecule has 0 radical (unpaired) electrons. The van der Waals surface area contributed by atoms with E-state index in [-0.39, 0.29) is 6.03 Å². The van der Waals surface area contributed by atoms with Crippen LogP contribution in [0.5, 0.6) is 0 Å². The van der Waals surface area contributed by atoms with E-state index in [1.54, 1.807) is 16.2 Å². The molecule has 5 heteroatoms. The number of nitrogens with one attached hydrogen (secondary N) is 1. The smallest absolute Gasteiger partial charge is 0.314 e. The van der Waals surface area contributed by atoms with Gasteiger partial charge in [0.15, 0.2) is 0 Å². The van der Waals surface area contributed by atoms with Crippen LogP contribution in [-0.2, 0) is 0 Å². The predicted octanol–water partition coefficient (Wildman–Crippen LogP) is 2.76. The fourth-order valence-electron chi connectivity index (χ4n) is 3.70. The molecule has 4 nitrogen and oxygen atoms in total. The summed E-state index contributed by atoms with van der Waals surface area (Å²) in [5.74, 6) is 1.25. The van der Waals surface area contributed by atoms with Gasteiger partial charge < -0.3 is 16.0 Å². The number of hydrogen-bond acceptors (Lipinski definition) is 3. The average molecular weight is 307 g/mol. The summed E-state index contributed by atoms with van der Waals surface area (Å²) < 4.78 is 0. The zero-order chi connectivity index (χ0) is 14.7. The van der Waals surface area contributed by atoms with Gasteiger partial charge >= 0.3 is 6.03 Å². The zero-order valence-corrected chi connectivity index (χ0v) is 13.3. The summed E-state index contributed by atoms with van der Waals surface area (Å²) in [4.78, 5) is 14.8. The Morgan fingerprint density at radius 1 is 1.38 bits per heavy atom. The summed E-state index contributed by atoms with van der Waals surface area (Å²) in [6.45, 7) is 2.61. The molecule has 3 rings (SSSR count). The van der Waals surface area contributed by atoms with Crippen LogP contribution in [0.1, 0.15) is 42.9 Å². The quantitative estimate of drug-likeness (QED) is 0.898. The Kier molecular flexibility index (Phi) is 4.80. The number of hydrogen-bond donors (Lipinski definition) is 2. The third-order valence-corrected chi connectivity index (χ3v) is 5.91. The summed E-state index contributed by atoms with van der Waals surface area (Å²) in [7, 11) is 0. The predicted molar refractivity (Wildman–Crippen MR) is 86.6 cm³/mol. The van der Waals surface area contributed by atoms with Crippen LogP contribution in [0.15, 0.2) is 17.5 Å². The number of nitrogens with two attached hydrogens (primary N) is 1. The highest BCUT2D eigenvalue weighted by molar-refractivity contribution is 7.10. The number of piperidine rings is 1. The Morgan fingerprint density at radius 3 is 2.86 bits per heavy atom. The van der Waals surface area contributed by atoms with Crippen LogP contribution in [0.2, 0.25) is 0 Å². The van der Waals surface area contributed by atoms with Crippen LogP contribution < -0.4 is 11.1 Å². The average Bonchev–Trinajstić information content (AvgIpc) is 3.18. The molecule has 2 atom stereocenters. The van der Waals surface area contributed by atoms with Crippen molar-refractivity contribution in [3.05, 3.63) is 22.4 Å². The largest absolute Gasteiger partial charge is 0.351 e. The van der Waals surface area contributed by atoms with Gasteiger partial charge in [0.1, 0.15) is 0 Å². The lowest BCUT2D eigenvalue weighted by Gasteiger charge is -2.37. The van der Waals surface area contributed by atoms with Crippen molar-refractivity contribution < 1.29 is 4.79 Å². The molecule has 0 bridgehead atoms. The SMILES string of the molecule is NC(=O)N1CC(NCC2CCCC2)CC(c2cccs2)C1. The first kappa shape index (κ1) is 14.9. The molecule has 1 aromatic rings. The minimum Gasteiger partial charge on any atom is -0.351 e. The van der Waals surface area contributed by atoms with Crippen LogP contribution in [0.3, 0.4) is 0 Å². The molecule has 0 aromatic carbocycles. The van der Waals surface area contributed by atoms with Crippen molar-refractivity contribution in [1.82, 2.24) is 10.2 Å². The molecule has 2 unspecified atom stereocenters. The van der Waals surface area contributed by atoms with Crippen LogP contribution in [-0.4, -0.2) is 36.6 Å². The fraction of sp³-hybridized carbons (Fsp3) is 0.688. The van der Waals surface area contributed by atoms with Gasteiger partial charge in [-0.05, 0) is 43.2 Å². The van der Waals surface area contributed by atoms with Gasteiger partial charge in [-0.1, -0.05) is 18.9 Å². The maximum atomic E-state index is 11.6. The lowest BCUT2D eigenvalue weighted by Crippen LogP contribution is -2.52. The molecule has 0 spiro atoms. The zero-order valence-electron chi connectivity index (χ0n) is 12.5. The summed E-state index contributed by atoms with van der Waals surface area (Å²) in [6.07, 6.45) is 6.57. The topological polar surface area (TPSA) is 58.4 Å². The fourth-order valence-corrected chi connectivity index (χ4v) is 4.54. The molecule has 1 saturated heterocycles. The normalized spacial score (nSPS) is 27.1. The molecule has 1 saturated carbocycles. The molecule has 1 aromatic heterocycles. The third kappa shape index (κ3) is 3.77. The van der Waals surface area contributed by atoms with Gasteiger partial charge in [0.05, 0.1) is 0 Å². The molecule has 3 N–H and O–H groups in total. The summed E-state index contributed by atoms with van der Waals surface area (Å²) in [5, 5.41) is 5.81. The minimum absolute atomic E-state index is 0.288. The van der Waals surface area contributed by atoms with Crippen LogP contribution in [0.25, 0.3) is 0 Å². The monoisotopic (exact) mass is 307 g/mol. The molecule has 2 heterocycles. The molecule has 2 amide bonds. The van der Waals surface area contributed by atoms with Crippen molar-refractivity contribution in [2.45, 2.75) is 44.1 Å². The molecule has 2 aliphatic rings. The van der Waals surface area contributed by atoms with Gasteiger partial charge in [0.25, 0.3) is 0 Å². The number of urea groups is 1. The van der Waals surface area contributed by atoms with Gasteiger partial charge in [0.2, 0.25) is 0 Å². The first-order chi connectivity index (χ1) is 10.2. The van der Waals surface area contributed by atoms with Crippen LogP contribution in [0.4, 0.5) is 4.79 Å². The van der Waals surface area contributed by atoms with Crippen molar-refractivity contribution in [2.75, 3.05) is 19.6 Å². The van der Waals surface area contributed by atoms with E-state index >= 15 is 0 Å². The molecule has 1 aliphatic carbocycles. The highest BCUT2D eigenvalue weighted by Crippen LogP contribution is 2.30. The lowest BCUT2D eigenvalue weighted by molar-refractivity contribution is 0.171. The molecular weight excluding hydrogens is 282 g/mol. The Bertz CT molecular complexity index is 456. The Hall–Kier alpha value is -1.07.